The highest BCUT2D eigenvalue weighted by molar-refractivity contribution is 8.00. The van der Waals surface area contributed by atoms with Crippen LogP contribution in [0.3, 0.4) is 0 Å². The topological polar surface area (TPSA) is 101 Å². The standard InChI is InChI=1S/C37H37F7N4O4S2/c1-4-6-14-53-25-19-27(26-10-9-13-48(3)33(26)38)32(30(20-25)54-15-7-5-2)52-31(49)21-45-34(50)28-11-8-12-29(47-28)35(51)46-24-17-22(36(39,40)41)16-23(18-24)37(42,43)44/h8-12,16-20H,4-7,13-15,21H2,1-3H3,(H,45,50)(H,46,51). The number of unbranched alkanes of at least 4 members (excludes halogenated alkanes) is 2. The highest BCUT2D eigenvalue weighted by atomic mass is 32.2. The maximum Gasteiger partial charge on any atom is 0.416 e. The van der Waals surface area contributed by atoms with Gasteiger partial charge in [0.05, 0.1) is 16.0 Å². The fraction of sp³-hybridized carbons (Fsp3) is 0.351. The zero-order valence-electron chi connectivity index (χ0n) is 29.4. The van der Waals surface area contributed by atoms with Gasteiger partial charge in [0.2, 0.25) is 0 Å². The lowest BCUT2D eigenvalue weighted by Crippen LogP contribution is -2.33. The lowest BCUT2D eigenvalue weighted by atomic mass is 10.0. The first-order valence-corrected chi connectivity index (χ1v) is 18.8. The number of nitrogens with zero attached hydrogens (tertiary/aromatic N) is 2. The van der Waals surface area contributed by atoms with Crippen LogP contribution in [0.1, 0.15) is 77.2 Å². The van der Waals surface area contributed by atoms with Crippen LogP contribution >= 0.6 is 23.5 Å². The fourth-order valence-corrected chi connectivity index (χ4v) is 7.21. The Morgan fingerprint density at radius 3 is 2.09 bits per heavy atom. The summed E-state index contributed by atoms with van der Waals surface area (Å²) in [6.45, 7) is 3.79. The molecule has 4 rings (SSSR count). The first-order valence-electron chi connectivity index (χ1n) is 16.8. The Hall–Kier alpha value is -4.51. The van der Waals surface area contributed by atoms with Crippen molar-refractivity contribution in [3.63, 3.8) is 0 Å². The third-order valence-corrected chi connectivity index (χ3v) is 9.90. The molecule has 1 aliphatic heterocycles. The van der Waals surface area contributed by atoms with E-state index in [1.807, 2.05) is 18.3 Å². The summed E-state index contributed by atoms with van der Waals surface area (Å²) in [5.74, 6) is -1.89. The maximum atomic E-state index is 15.5. The summed E-state index contributed by atoms with van der Waals surface area (Å²) < 4.78 is 101. The number of benzene rings is 2. The van der Waals surface area contributed by atoms with Gasteiger partial charge in [0.15, 0.2) is 11.7 Å². The van der Waals surface area contributed by atoms with E-state index in [9.17, 15) is 40.7 Å². The molecule has 0 atom stereocenters. The monoisotopic (exact) mass is 798 g/mol. The van der Waals surface area contributed by atoms with Crippen molar-refractivity contribution >= 4 is 52.6 Å². The van der Waals surface area contributed by atoms with Gasteiger partial charge in [-0.15, -0.1) is 23.5 Å². The molecule has 290 valence electrons. The number of carbonyl (C=O) groups is 3. The van der Waals surface area contributed by atoms with E-state index in [1.165, 1.54) is 28.8 Å². The van der Waals surface area contributed by atoms with Crippen LogP contribution in [0, 0.1) is 0 Å². The predicted octanol–water partition coefficient (Wildman–Crippen LogP) is 9.63. The van der Waals surface area contributed by atoms with Crippen LogP contribution in [0.5, 0.6) is 5.75 Å². The van der Waals surface area contributed by atoms with Gasteiger partial charge >= 0.3 is 18.3 Å². The van der Waals surface area contributed by atoms with Crippen molar-refractivity contribution in [2.75, 3.05) is 37.0 Å². The minimum Gasteiger partial charge on any atom is -0.423 e. The fourth-order valence-electron chi connectivity index (χ4n) is 4.92. The van der Waals surface area contributed by atoms with Crippen molar-refractivity contribution in [2.24, 2.45) is 0 Å². The summed E-state index contributed by atoms with van der Waals surface area (Å²) in [6.07, 6.45) is -3.11. The van der Waals surface area contributed by atoms with Gasteiger partial charge in [0, 0.05) is 35.3 Å². The lowest BCUT2D eigenvalue weighted by Gasteiger charge is -2.23. The van der Waals surface area contributed by atoms with E-state index in [4.69, 9.17) is 4.74 Å². The molecule has 2 heterocycles. The van der Waals surface area contributed by atoms with Crippen molar-refractivity contribution < 1.29 is 49.9 Å². The summed E-state index contributed by atoms with van der Waals surface area (Å²) in [6, 6.07) is 7.74. The number of carbonyl (C=O) groups excluding carboxylic acids is 3. The van der Waals surface area contributed by atoms with E-state index in [2.05, 4.69) is 17.2 Å². The number of anilines is 1. The maximum absolute atomic E-state index is 15.5. The average molecular weight is 799 g/mol. The number of rotatable bonds is 15. The van der Waals surface area contributed by atoms with E-state index < -0.39 is 65.1 Å². The van der Waals surface area contributed by atoms with Crippen molar-refractivity contribution in [3.05, 3.63) is 94.7 Å². The van der Waals surface area contributed by atoms with Crippen LogP contribution in [0.25, 0.3) is 5.57 Å². The average Bonchev–Trinajstić information content (AvgIpc) is 3.12. The number of nitrogens with one attached hydrogen (secondary N) is 2. The lowest BCUT2D eigenvalue weighted by molar-refractivity contribution is -0.143. The summed E-state index contributed by atoms with van der Waals surface area (Å²) in [5.41, 5.74) is -4.37. The Bertz CT molecular complexity index is 1880. The number of hydrogen-bond donors (Lipinski definition) is 2. The first-order chi connectivity index (χ1) is 25.5. The molecule has 2 amide bonds. The Labute approximate surface area is 316 Å². The molecule has 2 N–H and O–H groups in total. The third-order valence-electron chi connectivity index (χ3n) is 7.73. The molecule has 8 nitrogen and oxygen atoms in total. The summed E-state index contributed by atoms with van der Waals surface area (Å²) >= 11 is 3.06. The second-order valence-electron chi connectivity index (χ2n) is 12.0. The van der Waals surface area contributed by atoms with Gasteiger partial charge in [-0.2, -0.15) is 30.7 Å². The largest absolute Gasteiger partial charge is 0.423 e. The number of aromatic nitrogens is 1. The number of halogens is 7. The zero-order valence-corrected chi connectivity index (χ0v) is 31.1. The van der Waals surface area contributed by atoms with E-state index in [1.54, 1.807) is 37.0 Å². The number of amides is 2. The predicted molar refractivity (Wildman–Crippen MR) is 194 cm³/mol. The SMILES string of the molecule is CCCCSc1cc(SCCCC)c(OC(=O)CNC(=O)c2cccc(C(=O)Nc3cc(C(F)(F)F)cc(C(F)(F)F)c3)n2)c(C2=C(F)N(C)CC=C2)c1. The van der Waals surface area contributed by atoms with Crippen molar-refractivity contribution in [3.8, 4) is 5.75 Å². The smallest absolute Gasteiger partial charge is 0.416 e. The minimum atomic E-state index is -5.14. The molecule has 1 aromatic heterocycles. The molecular weight excluding hydrogens is 762 g/mol. The van der Waals surface area contributed by atoms with Crippen LogP contribution in [0.2, 0.25) is 0 Å². The van der Waals surface area contributed by atoms with Gasteiger partial charge in [-0.05, 0) is 66.8 Å². The van der Waals surface area contributed by atoms with E-state index in [0.717, 1.165) is 42.4 Å². The molecule has 0 fully saturated rings. The normalized spacial score (nSPS) is 13.3. The molecule has 17 heteroatoms. The molecular formula is C37H37F7N4O4S2. The summed E-state index contributed by atoms with van der Waals surface area (Å²) in [7, 11) is 1.60. The number of hydrogen-bond acceptors (Lipinski definition) is 8. The Morgan fingerprint density at radius 1 is 0.870 bits per heavy atom. The van der Waals surface area contributed by atoms with E-state index >= 15 is 4.39 Å². The van der Waals surface area contributed by atoms with Gasteiger partial charge in [0.25, 0.3) is 11.8 Å². The zero-order chi connectivity index (χ0) is 39.6. The molecule has 0 saturated heterocycles. The minimum absolute atomic E-state index is 0.0826. The van der Waals surface area contributed by atoms with Crippen LogP contribution in [-0.4, -0.2) is 59.3 Å². The van der Waals surface area contributed by atoms with Crippen LogP contribution < -0.4 is 15.4 Å². The molecule has 1 aliphatic rings. The Balaban J connectivity index is 1.54. The summed E-state index contributed by atoms with van der Waals surface area (Å²) in [5, 5.41) is 4.30. The number of likely N-dealkylation sites (N-methyl/N-ethyl adjacent to an activating group) is 1. The van der Waals surface area contributed by atoms with Gasteiger partial charge in [-0.25, -0.2) is 9.78 Å². The third kappa shape index (κ3) is 11.5. The number of ether oxygens (including phenoxy) is 1. The quantitative estimate of drug-likeness (QED) is 0.0392. The molecule has 0 saturated carbocycles. The van der Waals surface area contributed by atoms with Crippen LogP contribution in [0.15, 0.2) is 76.4 Å². The van der Waals surface area contributed by atoms with Crippen LogP contribution in [0.4, 0.5) is 36.4 Å². The van der Waals surface area contributed by atoms with Crippen LogP contribution in [-0.2, 0) is 17.1 Å². The summed E-state index contributed by atoms with van der Waals surface area (Å²) in [4.78, 5) is 45.9. The van der Waals surface area contributed by atoms with E-state index in [-0.39, 0.29) is 23.1 Å². The molecule has 0 unspecified atom stereocenters. The van der Waals surface area contributed by atoms with Crippen molar-refractivity contribution in [1.29, 1.82) is 0 Å². The molecule has 3 aromatic rings. The number of allylic oxidation sites excluding steroid dienone is 2. The number of alkyl halides is 6. The molecule has 0 radical (unpaired) electrons. The second kappa shape index (κ2) is 18.7. The molecule has 2 aromatic carbocycles. The number of pyridine rings is 1. The highest BCUT2D eigenvalue weighted by Crippen LogP contribution is 2.43. The van der Waals surface area contributed by atoms with Gasteiger partial charge in [0.1, 0.15) is 17.9 Å². The molecule has 0 spiro atoms. The van der Waals surface area contributed by atoms with Gasteiger partial charge in [-0.1, -0.05) is 44.9 Å². The molecule has 0 aliphatic carbocycles. The van der Waals surface area contributed by atoms with Crippen molar-refractivity contribution in [1.82, 2.24) is 15.2 Å². The Morgan fingerprint density at radius 2 is 1.48 bits per heavy atom. The van der Waals surface area contributed by atoms with Gasteiger partial charge < -0.3 is 20.3 Å². The Kier molecular flexibility index (Phi) is 14.6. The van der Waals surface area contributed by atoms with Gasteiger partial charge in [-0.3, -0.25) is 9.59 Å². The van der Waals surface area contributed by atoms with E-state index in [0.29, 0.717) is 34.9 Å². The highest BCUT2D eigenvalue weighted by Gasteiger charge is 2.37. The number of esters is 1. The van der Waals surface area contributed by atoms with Crippen molar-refractivity contribution in [2.45, 2.75) is 61.7 Å². The first kappa shape index (κ1) is 42.2. The second-order valence-corrected chi connectivity index (χ2v) is 14.3. The molecule has 54 heavy (non-hydrogen) atoms. The molecule has 0 bridgehead atoms. The number of thioether (sulfide) groups is 2.